The second-order valence-electron chi connectivity index (χ2n) is 6.40. The summed E-state index contributed by atoms with van der Waals surface area (Å²) in [6.07, 6.45) is 4.13. The van der Waals surface area contributed by atoms with Crippen LogP contribution in [0.2, 0.25) is 0 Å². The highest BCUT2D eigenvalue weighted by Crippen LogP contribution is 2.32. The molecule has 1 aromatic carbocycles. The van der Waals surface area contributed by atoms with Gasteiger partial charge in [0, 0.05) is 12.6 Å². The second-order valence-corrected chi connectivity index (χ2v) is 8.23. The van der Waals surface area contributed by atoms with Crippen LogP contribution < -0.4 is 5.73 Å². The fraction of sp³-hybridized carbons (Fsp3) is 0.625. The van der Waals surface area contributed by atoms with Gasteiger partial charge in [0.2, 0.25) is 10.0 Å². The third-order valence-corrected chi connectivity index (χ3v) is 6.22. The maximum absolute atomic E-state index is 13.1. The molecule has 1 saturated carbocycles. The van der Waals surface area contributed by atoms with Gasteiger partial charge in [-0.3, -0.25) is 0 Å². The van der Waals surface area contributed by atoms with E-state index in [0.29, 0.717) is 18.2 Å². The monoisotopic (exact) mass is 310 g/mol. The normalized spacial score (nSPS) is 17.0. The predicted molar refractivity (Wildman–Crippen MR) is 86.6 cm³/mol. The summed E-state index contributed by atoms with van der Waals surface area (Å²) in [5.41, 5.74) is 7.04. The molecule has 0 aliphatic heterocycles. The molecule has 0 saturated heterocycles. The van der Waals surface area contributed by atoms with E-state index in [9.17, 15) is 8.42 Å². The maximum Gasteiger partial charge on any atom is 0.245 e. The van der Waals surface area contributed by atoms with E-state index in [1.165, 1.54) is 0 Å². The molecule has 1 aliphatic carbocycles. The van der Waals surface area contributed by atoms with Crippen LogP contribution in [-0.4, -0.2) is 25.3 Å². The number of aryl methyl sites for hydroxylation is 1. The highest BCUT2D eigenvalue weighted by Gasteiger charge is 2.35. The molecule has 4 nitrogen and oxygen atoms in total. The van der Waals surface area contributed by atoms with Crippen molar-refractivity contribution in [2.75, 3.05) is 12.3 Å². The van der Waals surface area contributed by atoms with Crippen LogP contribution in [0.25, 0.3) is 0 Å². The third-order valence-electron chi connectivity index (χ3n) is 4.09. The number of sulfonamides is 1. The highest BCUT2D eigenvalue weighted by molar-refractivity contribution is 7.89. The quantitative estimate of drug-likeness (QED) is 0.850. The minimum Gasteiger partial charge on any atom is -0.398 e. The summed E-state index contributed by atoms with van der Waals surface area (Å²) < 4.78 is 28.0. The van der Waals surface area contributed by atoms with Crippen LogP contribution in [0.4, 0.5) is 5.69 Å². The van der Waals surface area contributed by atoms with Gasteiger partial charge in [-0.15, -0.1) is 0 Å². The Hall–Kier alpha value is -1.07. The van der Waals surface area contributed by atoms with Crippen LogP contribution in [0, 0.1) is 12.8 Å². The Morgan fingerprint density at radius 3 is 2.43 bits per heavy atom. The van der Waals surface area contributed by atoms with Crippen molar-refractivity contribution in [2.45, 2.75) is 57.4 Å². The molecule has 1 fully saturated rings. The van der Waals surface area contributed by atoms with Gasteiger partial charge in [0.05, 0.1) is 5.69 Å². The summed E-state index contributed by atoms with van der Waals surface area (Å²) in [6, 6.07) is 5.40. The zero-order valence-electron chi connectivity index (χ0n) is 13.2. The van der Waals surface area contributed by atoms with Gasteiger partial charge >= 0.3 is 0 Å². The molecule has 0 bridgehead atoms. The Labute approximate surface area is 128 Å². The molecule has 1 aromatic rings. The van der Waals surface area contributed by atoms with Crippen LogP contribution in [0.5, 0.6) is 0 Å². The van der Waals surface area contributed by atoms with Crippen molar-refractivity contribution in [3.63, 3.8) is 0 Å². The van der Waals surface area contributed by atoms with Gasteiger partial charge in [0.25, 0.3) is 0 Å². The fourth-order valence-electron chi connectivity index (χ4n) is 3.14. The molecule has 0 amide bonds. The van der Waals surface area contributed by atoms with Gasteiger partial charge in [-0.25, -0.2) is 8.42 Å². The van der Waals surface area contributed by atoms with E-state index in [1.807, 2.05) is 13.0 Å². The van der Waals surface area contributed by atoms with Crippen molar-refractivity contribution in [2.24, 2.45) is 5.92 Å². The van der Waals surface area contributed by atoms with Crippen LogP contribution >= 0.6 is 0 Å². The third kappa shape index (κ3) is 3.40. The molecule has 21 heavy (non-hydrogen) atoms. The lowest BCUT2D eigenvalue weighted by atomic mass is 10.2. The molecule has 118 valence electrons. The number of nitrogens with two attached hydrogens (primary N) is 1. The van der Waals surface area contributed by atoms with Gasteiger partial charge in [-0.05, 0) is 37.3 Å². The topological polar surface area (TPSA) is 63.4 Å². The number of anilines is 1. The largest absolute Gasteiger partial charge is 0.398 e. The minimum absolute atomic E-state index is 0.122. The SMILES string of the molecule is Cc1cccc(N)c1S(=O)(=O)N(CC(C)C)C1CCCC1. The number of nitrogens with zero attached hydrogens (tertiary/aromatic N) is 1. The molecule has 0 spiro atoms. The first kappa shape index (κ1) is 16.3. The summed E-state index contributed by atoms with van der Waals surface area (Å²) in [5.74, 6) is 0.297. The Morgan fingerprint density at radius 2 is 1.90 bits per heavy atom. The van der Waals surface area contributed by atoms with Gasteiger partial charge < -0.3 is 5.73 Å². The zero-order valence-corrected chi connectivity index (χ0v) is 14.0. The molecule has 2 rings (SSSR count). The molecule has 2 N–H and O–H groups in total. The Bertz CT molecular complexity index is 570. The number of hydrogen-bond acceptors (Lipinski definition) is 3. The standard InChI is InChI=1S/C16H26N2O2S/c1-12(2)11-18(14-8-4-5-9-14)21(19,20)16-13(3)7-6-10-15(16)17/h6-7,10,12,14H,4-5,8-9,11,17H2,1-3H3. The van der Waals surface area contributed by atoms with Crippen LogP contribution in [0.15, 0.2) is 23.1 Å². The van der Waals surface area contributed by atoms with Crippen molar-refractivity contribution in [3.8, 4) is 0 Å². The zero-order chi connectivity index (χ0) is 15.6. The summed E-state index contributed by atoms with van der Waals surface area (Å²) in [7, 11) is -3.53. The summed E-state index contributed by atoms with van der Waals surface area (Å²) in [4.78, 5) is 0.289. The first-order valence-corrected chi connectivity index (χ1v) is 9.15. The van der Waals surface area contributed by atoms with Crippen molar-refractivity contribution in [3.05, 3.63) is 23.8 Å². The number of rotatable bonds is 5. The van der Waals surface area contributed by atoms with Gasteiger partial charge in [-0.1, -0.05) is 38.8 Å². The maximum atomic E-state index is 13.1. The lowest BCUT2D eigenvalue weighted by Crippen LogP contribution is -2.41. The summed E-state index contributed by atoms with van der Waals surface area (Å²) in [6.45, 7) is 6.48. The molecule has 0 aromatic heterocycles. The van der Waals surface area contributed by atoms with Crippen molar-refractivity contribution >= 4 is 15.7 Å². The van der Waals surface area contributed by atoms with E-state index in [2.05, 4.69) is 13.8 Å². The van der Waals surface area contributed by atoms with E-state index in [-0.39, 0.29) is 10.9 Å². The molecule has 5 heteroatoms. The smallest absolute Gasteiger partial charge is 0.245 e. The van der Waals surface area contributed by atoms with Crippen molar-refractivity contribution < 1.29 is 8.42 Å². The molecule has 0 heterocycles. The molecule has 0 radical (unpaired) electrons. The number of nitrogen functional groups attached to an aromatic ring is 1. The molecule has 1 aliphatic rings. The number of hydrogen-bond donors (Lipinski definition) is 1. The number of benzene rings is 1. The lowest BCUT2D eigenvalue weighted by Gasteiger charge is -2.30. The van der Waals surface area contributed by atoms with Gasteiger partial charge in [0.1, 0.15) is 4.90 Å². The van der Waals surface area contributed by atoms with E-state index in [1.54, 1.807) is 16.4 Å². The van der Waals surface area contributed by atoms with E-state index in [4.69, 9.17) is 5.73 Å². The van der Waals surface area contributed by atoms with Crippen LogP contribution in [0.3, 0.4) is 0 Å². The summed E-state index contributed by atoms with van der Waals surface area (Å²) in [5, 5.41) is 0. The Balaban J connectivity index is 2.46. The molecule has 0 unspecified atom stereocenters. The Morgan fingerprint density at radius 1 is 1.29 bits per heavy atom. The molecular weight excluding hydrogens is 284 g/mol. The van der Waals surface area contributed by atoms with Crippen LogP contribution in [0.1, 0.15) is 45.1 Å². The molecular formula is C16H26N2O2S. The predicted octanol–water partition coefficient (Wildman–Crippen LogP) is 3.17. The minimum atomic E-state index is -3.53. The van der Waals surface area contributed by atoms with E-state index < -0.39 is 10.0 Å². The summed E-state index contributed by atoms with van der Waals surface area (Å²) >= 11 is 0. The van der Waals surface area contributed by atoms with E-state index >= 15 is 0 Å². The first-order chi connectivity index (χ1) is 9.84. The highest BCUT2D eigenvalue weighted by atomic mass is 32.2. The van der Waals surface area contributed by atoms with Crippen molar-refractivity contribution in [1.82, 2.24) is 4.31 Å². The lowest BCUT2D eigenvalue weighted by molar-refractivity contribution is 0.292. The average molecular weight is 310 g/mol. The average Bonchev–Trinajstić information content (AvgIpc) is 2.88. The van der Waals surface area contributed by atoms with Crippen molar-refractivity contribution in [1.29, 1.82) is 0 Å². The second kappa shape index (κ2) is 6.36. The first-order valence-electron chi connectivity index (χ1n) is 7.71. The Kier molecular flexibility index (Phi) is 4.94. The molecule has 0 atom stereocenters. The van der Waals surface area contributed by atoms with Gasteiger partial charge in [-0.2, -0.15) is 4.31 Å². The van der Waals surface area contributed by atoms with Gasteiger partial charge in [0.15, 0.2) is 0 Å². The van der Waals surface area contributed by atoms with Crippen LogP contribution in [-0.2, 0) is 10.0 Å². The van der Waals surface area contributed by atoms with E-state index in [0.717, 1.165) is 31.2 Å². The fourth-order valence-corrected chi connectivity index (χ4v) is 5.31.